The van der Waals surface area contributed by atoms with E-state index in [4.69, 9.17) is 4.74 Å². The van der Waals surface area contributed by atoms with Gasteiger partial charge in [0.25, 0.3) is 0 Å². The summed E-state index contributed by atoms with van der Waals surface area (Å²) in [6.45, 7) is 6.64. The van der Waals surface area contributed by atoms with Crippen LogP contribution >= 0.6 is 17.0 Å². The van der Waals surface area contributed by atoms with Crippen molar-refractivity contribution in [1.29, 1.82) is 0 Å². The van der Waals surface area contributed by atoms with Gasteiger partial charge in [-0.1, -0.05) is 59.7 Å². The van der Waals surface area contributed by atoms with E-state index in [1.165, 1.54) is 16.7 Å². The first-order valence-corrected chi connectivity index (χ1v) is 10.7. The summed E-state index contributed by atoms with van der Waals surface area (Å²) in [6, 6.07) is 20.4. The summed E-state index contributed by atoms with van der Waals surface area (Å²) in [4.78, 5) is 18.4. The van der Waals surface area contributed by atoms with E-state index in [2.05, 4.69) is 74.3 Å². The predicted octanol–water partition coefficient (Wildman–Crippen LogP) is 5.43. The number of benzene rings is 2. The van der Waals surface area contributed by atoms with Crippen LogP contribution in [0.1, 0.15) is 41.3 Å². The normalized spacial score (nSPS) is 13.0. The zero-order valence-electron chi connectivity index (χ0n) is 19.0. The van der Waals surface area contributed by atoms with Crippen molar-refractivity contribution in [1.82, 2.24) is 14.1 Å². The second-order valence-electron chi connectivity index (χ2n) is 8.25. The third-order valence-corrected chi connectivity index (χ3v) is 5.93. The molecule has 2 aromatic carbocycles. The number of aryl methyl sites for hydroxylation is 2. The summed E-state index contributed by atoms with van der Waals surface area (Å²) in [5, 5.41) is 0. The van der Waals surface area contributed by atoms with Gasteiger partial charge in [0.05, 0.1) is 24.2 Å². The Kier molecular flexibility index (Phi) is 7.69. The number of aromatic nitrogens is 3. The first-order chi connectivity index (χ1) is 15.0. The van der Waals surface area contributed by atoms with Crippen molar-refractivity contribution < 1.29 is 4.74 Å². The largest absolute Gasteiger partial charge is 0.383 e. The van der Waals surface area contributed by atoms with E-state index in [1.54, 1.807) is 13.3 Å². The third-order valence-electron chi connectivity index (χ3n) is 5.93. The Bertz CT molecular complexity index is 1230. The molecule has 2 aromatic heterocycles. The number of methoxy groups -OCH3 is 1. The summed E-state index contributed by atoms with van der Waals surface area (Å²) >= 11 is 0. The molecular weight excluding hydrogens is 466 g/mol. The minimum Gasteiger partial charge on any atom is -0.383 e. The smallest absolute Gasteiger partial charge is 0.331 e. The lowest BCUT2D eigenvalue weighted by Crippen LogP contribution is -2.32. The van der Waals surface area contributed by atoms with Gasteiger partial charge in [-0.15, -0.1) is 17.0 Å². The second-order valence-corrected chi connectivity index (χ2v) is 8.25. The molecule has 0 fully saturated rings. The van der Waals surface area contributed by atoms with Crippen molar-refractivity contribution in [3.05, 3.63) is 99.6 Å². The van der Waals surface area contributed by atoms with Crippen LogP contribution in [0.15, 0.2) is 71.7 Å². The predicted molar refractivity (Wildman–Crippen MR) is 135 cm³/mol. The van der Waals surface area contributed by atoms with Gasteiger partial charge >= 0.3 is 5.69 Å². The fraction of sp³-hybridized carbons (Fsp3) is 0.308. The monoisotopic (exact) mass is 495 g/mol. The highest BCUT2D eigenvalue weighted by atomic mass is 79.9. The Morgan fingerprint density at radius 2 is 1.56 bits per heavy atom. The molecule has 0 spiro atoms. The number of pyridine rings is 1. The number of hydrogen-bond acceptors (Lipinski definition) is 3. The minimum atomic E-state index is -0.149. The van der Waals surface area contributed by atoms with Gasteiger partial charge in [0.1, 0.15) is 0 Å². The molecule has 4 rings (SSSR count). The summed E-state index contributed by atoms with van der Waals surface area (Å²) in [5.41, 5.74) is 6.16. The molecule has 6 heteroatoms. The number of imidazole rings is 1. The van der Waals surface area contributed by atoms with Crippen LogP contribution < -0.4 is 5.69 Å². The molecule has 0 N–H and O–H groups in total. The average Bonchev–Trinajstić information content (AvgIpc) is 3.06. The summed E-state index contributed by atoms with van der Waals surface area (Å²) in [7, 11) is 1.68. The van der Waals surface area contributed by atoms with Crippen LogP contribution in [0, 0.1) is 13.8 Å². The van der Waals surface area contributed by atoms with E-state index in [-0.39, 0.29) is 34.8 Å². The van der Waals surface area contributed by atoms with Crippen molar-refractivity contribution in [2.45, 2.75) is 39.3 Å². The Balaban J connectivity index is 0.00000289. The highest BCUT2D eigenvalue weighted by Gasteiger charge is 2.24. The maximum Gasteiger partial charge on any atom is 0.331 e. The number of ether oxygens (including phenoxy) is 1. The van der Waals surface area contributed by atoms with Crippen LogP contribution in [0.3, 0.4) is 0 Å². The lowest BCUT2D eigenvalue weighted by molar-refractivity contribution is 0.154. The molecular formula is C26H30BrN3O2. The molecule has 0 aliphatic carbocycles. The van der Waals surface area contributed by atoms with Crippen LogP contribution in [0.4, 0.5) is 0 Å². The molecule has 5 nitrogen and oxygen atoms in total. The number of hydrogen-bond donors (Lipinski definition) is 0. The van der Waals surface area contributed by atoms with Gasteiger partial charge in [0.15, 0.2) is 5.65 Å². The Hall–Kier alpha value is -2.70. The van der Waals surface area contributed by atoms with E-state index in [0.29, 0.717) is 18.7 Å². The number of nitrogens with zero attached hydrogens (tertiary/aromatic N) is 3. The van der Waals surface area contributed by atoms with Crippen molar-refractivity contribution in [3.8, 4) is 0 Å². The van der Waals surface area contributed by atoms with E-state index < -0.39 is 0 Å². The topological polar surface area (TPSA) is 49.0 Å². The SMILES string of the molecule is Br.COC[C@H](Cc1ccc(C)cc1)n1c(=O)n(C(C)c2ccc(C)cc2)c2cccnc21. The first-order valence-electron chi connectivity index (χ1n) is 10.7. The summed E-state index contributed by atoms with van der Waals surface area (Å²) in [5.74, 6) is 0. The molecule has 0 aliphatic rings. The van der Waals surface area contributed by atoms with E-state index in [0.717, 1.165) is 11.1 Å². The van der Waals surface area contributed by atoms with Crippen LogP contribution in [0.2, 0.25) is 0 Å². The van der Waals surface area contributed by atoms with E-state index in [9.17, 15) is 4.79 Å². The molecule has 32 heavy (non-hydrogen) atoms. The van der Waals surface area contributed by atoms with Gasteiger partial charge in [-0.25, -0.2) is 9.78 Å². The highest BCUT2D eigenvalue weighted by Crippen LogP contribution is 2.25. The van der Waals surface area contributed by atoms with Crippen molar-refractivity contribution in [3.63, 3.8) is 0 Å². The Morgan fingerprint density at radius 3 is 2.19 bits per heavy atom. The molecule has 0 amide bonds. The maximum atomic E-state index is 13.8. The third kappa shape index (κ3) is 4.71. The highest BCUT2D eigenvalue weighted by molar-refractivity contribution is 8.93. The van der Waals surface area contributed by atoms with Crippen molar-refractivity contribution >= 4 is 28.1 Å². The molecule has 2 heterocycles. The van der Waals surface area contributed by atoms with Gasteiger partial charge < -0.3 is 4.74 Å². The van der Waals surface area contributed by atoms with Crippen molar-refractivity contribution in [2.24, 2.45) is 0 Å². The van der Waals surface area contributed by atoms with Crippen molar-refractivity contribution in [2.75, 3.05) is 13.7 Å². The quantitative estimate of drug-likeness (QED) is 0.343. The van der Waals surface area contributed by atoms with Gasteiger partial charge in [0, 0.05) is 13.3 Å². The zero-order valence-corrected chi connectivity index (χ0v) is 20.7. The molecule has 0 saturated carbocycles. The number of fused-ring (bicyclic) bond motifs is 1. The number of rotatable bonds is 7. The summed E-state index contributed by atoms with van der Waals surface area (Å²) in [6.07, 6.45) is 2.44. The van der Waals surface area contributed by atoms with Gasteiger partial charge in [0.2, 0.25) is 0 Å². The first kappa shape index (κ1) is 24.0. The molecule has 2 atom stereocenters. The zero-order chi connectivity index (χ0) is 22.0. The molecule has 0 saturated heterocycles. The Morgan fingerprint density at radius 1 is 0.938 bits per heavy atom. The second kappa shape index (κ2) is 10.3. The molecule has 4 aromatic rings. The minimum absolute atomic E-state index is 0. The Labute approximate surface area is 199 Å². The van der Waals surface area contributed by atoms with Crippen LogP contribution in [0.5, 0.6) is 0 Å². The lowest BCUT2D eigenvalue weighted by Gasteiger charge is -2.18. The molecule has 0 bridgehead atoms. The maximum absolute atomic E-state index is 13.8. The molecule has 0 radical (unpaired) electrons. The molecule has 168 valence electrons. The van der Waals surface area contributed by atoms with Crippen LogP contribution in [-0.4, -0.2) is 27.8 Å². The molecule has 0 aliphatic heterocycles. The average molecular weight is 496 g/mol. The van der Waals surface area contributed by atoms with Gasteiger partial charge in [-0.3, -0.25) is 9.13 Å². The molecule has 1 unspecified atom stereocenters. The summed E-state index contributed by atoms with van der Waals surface area (Å²) < 4.78 is 9.19. The van der Waals surface area contributed by atoms with Gasteiger partial charge in [-0.05, 0) is 50.5 Å². The van der Waals surface area contributed by atoms with Crippen LogP contribution in [0.25, 0.3) is 11.2 Å². The fourth-order valence-corrected chi connectivity index (χ4v) is 4.18. The fourth-order valence-electron chi connectivity index (χ4n) is 4.18. The van der Waals surface area contributed by atoms with E-state index >= 15 is 0 Å². The van der Waals surface area contributed by atoms with Crippen LogP contribution in [-0.2, 0) is 11.2 Å². The van der Waals surface area contributed by atoms with E-state index in [1.807, 2.05) is 21.3 Å². The lowest BCUT2D eigenvalue weighted by atomic mass is 10.0. The standard InChI is InChI=1S/C26H29N3O2.BrH/c1-18-7-11-21(12-8-18)16-23(17-31-4)29-25-24(6-5-15-27-25)28(26(29)30)20(3)22-13-9-19(2)10-14-22;/h5-15,20,23H,16-17H2,1-4H3;1H/t20?,23-;/m0./s1. The van der Waals surface area contributed by atoms with Gasteiger partial charge in [-0.2, -0.15) is 0 Å². The number of halogens is 1.